The summed E-state index contributed by atoms with van der Waals surface area (Å²) in [6, 6.07) is 21.4. The Morgan fingerprint density at radius 3 is 2.00 bits per heavy atom. The van der Waals surface area contributed by atoms with Crippen LogP contribution in [0.4, 0.5) is 0 Å². The number of carbonyl (C=O) groups is 2. The number of hydrogen-bond acceptors (Lipinski definition) is 4. The molecule has 0 aromatic heterocycles. The molecule has 3 aromatic rings. The molecule has 0 heterocycles. The molecule has 0 aliphatic carbocycles. The zero-order valence-electron chi connectivity index (χ0n) is 20.0. The summed E-state index contributed by atoms with van der Waals surface area (Å²) >= 11 is 0. The van der Waals surface area contributed by atoms with E-state index in [0.717, 1.165) is 36.0 Å². The van der Waals surface area contributed by atoms with Crippen molar-refractivity contribution in [3.63, 3.8) is 0 Å². The van der Waals surface area contributed by atoms with Crippen molar-refractivity contribution in [3.8, 4) is 11.5 Å². The average Bonchev–Trinajstić information content (AvgIpc) is 2.84. The molecule has 34 heavy (non-hydrogen) atoms. The first-order chi connectivity index (χ1) is 16.4. The lowest BCUT2D eigenvalue weighted by atomic mass is 9.86. The molecule has 0 radical (unpaired) electrons. The van der Waals surface area contributed by atoms with E-state index < -0.39 is 5.97 Å². The Kier molecular flexibility index (Phi) is 8.86. The van der Waals surface area contributed by atoms with Crippen LogP contribution in [-0.4, -0.2) is 31.1 Å². The second-order valence-electron chi connectivity index (χ2n) is 8.54. The van der Waals surface area contributed by atoms with Gasteiger partial charge in [0, 0.05) is 17.0 Å². The van der Waals surface area contributed by atoms with E-state index in [1.807, 2.05) is 49.4 Å². The number of hydrogen-bond donors (Lipinski definition) is 1. The molecule has 178 valence electrons. The Labute approximate surface area is 201 Å². The monoisotopic (exact) mass is 460 g/mol. The minimum atomic E-state index is -0.857. The molecule has 1 atom stereocenters. The van der Waals surface area contributed by atoms with Crippen LogP contribution < -0.4 is 9.47 Å². The van der Waals surface area contributed by atoms with Crippen molar-refractivity contribution in [2.75, 3.05) is 14.2 Å². The maximum absolute atomic E-state index is 13.7. The van der Waals surface area contributed by atoms with Gasteiger partial charge in [0.25, 0.3) is 0 Å². The standard InChI is InChI=1S/C29H32O5/c1-20-26(33-2)18-25(19-27(20)34-3)29(32)24(11-7-10-21-8-5-4-6-9-21)16-22-12-14-23(15-13-22)17-28(30)31/h4-6,8-9,12-15,18-19,24H,7,10-11,16-17H2,1-3H3,(H,30,31). The van der Waals surface area contributed by atoms with E-state index in [4.69, 9.17) is 14.6 Å². The molecule has 0 bridgehead atoms. The second kappa shape index (κ2) is 12.0. The van der Waals surface area contributed by atoms with Gasteiger partial charge in [-0.1, -0.05) is 54.6 Å². The number of ether oxygens (including phenoxy) is 2. The molecule has 5 nitrogen and oxygen atoms in total. The number of Topliss-reactive ketones (excluding diaryl/α,β-unsaturated/α-hetero) is 1. The van der Waals surface area contributed by atoms with Gasteiger partial charge in [0.15, 0.2) is 5.78 Å². The van der Waals surface area contributed by atoms with Gasteiger partial charge in [0.05, 0.1) is 20.6 Å². The van der Waals surface area contributed by atoms with E-state index in [2.05, 4.69) is 12.1 Å². The second-order valence-corrected chi connectivity index (χ2v) is 8.54. The topological polar surface area (TPSA) is 72.8 Å². The number of benzene rings is 3. The van der Waals surface area contributed by atoms with Crippen molar-refractivity contribution in [1.29, 1.82) is 0 Å². The van der Waals surface area contributed by atoms with Gasteiger partial charge in [-0.3, -0.25) is 9.59 Å². The lowest BCUT2D eigenvalue weighted by molar-refractivity contribution is -0.136. The molecule has 3 aromatic carbocycles. The molecule has 0 saturated carbocycles. The molecule has 5 heteroatoms. The maximum atomic E-state index is 13.7. The third-order valence-electron chi connectivity index (χ3n) is 6.13. The number of carboxylic acid groups (broad SMARTS) is 1. The first kappa shape index (κ1) is 25.0. The van der Waals surface area contributed by atoms with Gasteiger partial charge in [0.1, 0.15) is 11.5 Å². The van der Waals surface area contributed by atoms with E-state index in [9.17, 15) is 9.59 Å². The quantitative estimate of drug-likeness (QED) is 0.351. The van der Waals surface area contributed by atoms with E-state index in [-0.39, 0.29) is 18.1 Å². The van der Waals surface area contributed by atoms with Gasteiger partial charge in [-0.2, -0.15) is 0 Å². The van der Waals surface area contributed by atoms with Crippen LogP contribution >= 0.6 is 0 Å². The Morgan fingerprint density at radius 2 is 1.44 bits per heavy atom. The lowest BCUT2D eigenvalue weighted by Gasteiger charge is -2.18. The van der Waals surface area contributed by atoms with Crippen LogP contribution in [0.2, 0.25) is 0 Å². The summed E-state index contributed by atoms with van der Waals surface area (Å²) in [6.45, 7) is 1.90. The highest BCUT2D eigenvalue weighted by Gasteiger charge is 2.23. The minimum Gasteiger partial charge on any atom is -0.496 e. The summed E-state index contributed by atoms with van der Waals surface area (Å²) in [6.07, 6.45) is 3.10. The first-order valence-corrected chi connectivity index (χ1v) is 11.5. The first-order valence-electron chi connectivity index (χ1n) is 11.5. The number of ketones is 1. The number of aryl methyl sites for hydroxylation is 1. The van der Waals surface area contributed by atoms with E-state index in [0.29, 0.717) is 23.5 Å². The zero-order valence-corrected chi connectivity index (χ0v) is 20.0. The van der Waals surface area contributed by atoms with Crippen molar-refractivity contribution < 1.29 is 24.2 Å². The molecule has 1 N–H and O–H groups in total. The van der Waals surface area contributed by atoms with Gasteiger partial charge in [-0.15, -0.1) is 0 Å². The van der Waals surface area contributed by atoms with Crippen LogP contribution in [0, 0.1) is 12.8 Å². The molecule has 0 aliphatic rings. The van der Waals surface area contributed by atoms with Crippen molar-refractivity contribution in [2.45, 2.75) is 39.0 Å². The van der Waals surface area contributed by atoms with Gasteiger partial charge in [-0.25, -0.2) is 0 Å². The predicted molar refractivity (Wildman–Crippen MR) is 133 cm³/mol. The van der Waals surface area contributed by atoms with Crippen molar-refractivity contribution in [2.24, 2.45) is 5.92 Å². The summed E-state index contributed by atoms with van der Waals surface area (Å²) in [4.78, 5) is 24.6. The van der Waals surface area contributed by atoms with E-state index in [1.54, 1.807) is 26.4 Å². The molecule has 0 amide bonds. The van der Waals surface area contributed by atoms with Gasteiger partial charge in [-0.05, 0) is 61.4 Å². The Bertz CT molecular complexity index is 1080. The molecule has 1 unspecified atom stereocenters. The van der Waals surface area contributed by atoms with Gasteiger partial charge >= 0.3 is 5.97 Å². The highest BCUT2D eigenvalue weighted by molar-refractivity contribution is 5.99. The third-order valence-corrected chi connectivity index (χ3v) is 6.13. The summed E-state index contributed by atoms with van der Waals surface area (Å²) in [7, 11) is 3.18. The number of rotatable bonds is 12. The molecule has 3 rings (SSSR count). The van der Waals surface area contributed by atoms with Gasteiger partial charge < -0.3 is 14.6 Å². The Morgan fingerprint density at radius 1 is 0.853 bits per heavy atom. The van der Waals surface area contributed by atoms with Gasteiger partial charge in [0.2, 0.25) is 0 Å². The fourth-order valence-electron chi connectivity index (χ4n) is 4.24. The number of carboxylic acids is 1. The summed E-state index contributed by atoms with van der Waals surface area (Å²) in [5.74, 6) is 0.238. The summed E-state index contributed by atoms with van der Waals surface area (Å²) in [5, 5.41) is 9.01. The maximum Gasteiger partial charge on any atom is 0.307 e. The van der Waals surface area contributed by atoms with Crippen molar-refractivity contribution in [1.82, 2.24) is 0 Å². The number of carbonyl (C=O) groups excluding carboxylic acids is 1. The Balaban J connectivity index is 1.83. The third kappa shape index (κ3) is 6.70. The largest absolute Gasteiger partial charge is 0.496 e. The van der Waals surface area contributed by atoms with Crippen LogP contribution in [-0.2, 0) is 24.1 Å². The van der Waals surface area contributed by atoms with E-state index in [1.165, 1.54) is 5.56 Å². The SMILES string of the molecule is COc1cc(C(=O)C(CCCc2ccccc2)Cc2ccc(CC(=O)O)cc2)cc(OC)c1C. The van der Waals surface area contributed by atoms with E-state index >= 15 is 0 Å². The normalized spacial score (nSPS) is 11.6. The average molecular weight is 461 g/mol. The fraction of sp³-hybridized carbons (Fsp3) is 0.310. The zero-order chi connectivity index (χ0) is 24.5. The van der Waals surface area contributed by atoms with Crippen LogP contribution in [0.5, 0.6) is 11.5 Å². The smallest absolute Gasteiger partial charge is 0.307 e. The molecule has 0 saturated heterocycles. The van der Waals surface area contributed by atoms with Crippen LogP contribution in [0.1, 0.15) is 45.5 Å². The van der Waals surface area contributed by atoms with Crippen LogP contribution in [0.3, 0.4) is 0 Å². The minimum absolute atomic E-state index is 0.0112. The summed E-state index contributed by atoms with van der Waals surface area (Å²) in [5.41, 5.74) is 4.45. The molecular formula is C29H32O5. The highest BCUT2D eigenvalue weighted by Crippen LogP contribution is 2.32. The molecule has 0 aliphatic heterocycles. The fourth-order valence-corrected chi connectivity index (χ4v) is 4.24. The number of methoxy groups -OCH3 is 2. The predicted octanol–water partition coefficient (Wildman–Crippen LogP) is 5.70. The van der Waals surface area contributed by atoms with Crippen LogP contribution in [0.25, 0.3) is 0 Å². The van der Waals surface area contributed by atoms with Crippen molar-refractivity contribution >= 4 is 11.8 Å². The highest BCUT2D eigenvalue weighted by atomic mass is 16.5. The molecule has 0 spiro atoms. The molecule has 0 fully saturated rings. The summed E-state index contributed by atoms with van der Waals surface area (Å²) < 4.78 is 11.0. The Hall–Kier alpha value is -3.60. The van der Waals surface area contributed by atoms with Crippen LogP contribution in [0.15, 0.2) is 66.7 Å². The molecular weight excluding hydrogens is 428 g/mol. The lowest BCUT2D eigenvalue weighted by Crippen LogP contribution is -2.18. The number of aliphatic carboxylic acids is 1. The van der Waals surface area contributed by atoms with Crippen molar-refractivity contribution in [3.05, 3.63) is 94.5 Å².